The highest BCUT2D eigenvalue weighted by Crippen LogP contribution is 2.32. The zero-order valence-electron chi connectivity index (χ0n) is 13.7. The smallest absolute Gasteiger partial charge is 0.255 e. The molecule has 0 aliphatic carbocycles. The molecular weight excluding hydrogens is 326 g/mol. The van der Waals surface area contributed by atoms with Crippen LogP contribution >= 0.6 is 11.3 Å². The van der Waals surface area contributed by atoms with Crippen molar-refractivity contribution in [3.8, 4) is 0 Å². The van der Waals surface area contributed by atoms with Crippen molar-refractivity contribution < 1.29 is 9.26 Å². The highest BCUT2D eigenvalue weighted by atomic mass is 32.1. The van der Waals surface area contributed by atoms with Crippen LogP contribution in [-0.4, -0.2) is 33.3 Å². The first-order chi connectivity index (χ1) is 11.7. The van der Waals surface area contributed by atoms with E-state index in [9.17, 15) is 0 Å². The van der Waals surface area contributed by atoms with Gasteiger partial charge in [0.2, 0.25) is 0 Å². The van der Waals surface area contributed by atoms with Crippen LogP contribution < -0.4 is 5.32 Å². The summed E-state index contributed by atoms with van der Waals surface area (Å²) in [6.45, 7) is 5.67. The van der Waals surface area contributed by atoms with Gasteiger partial charge < -0.3 is 14.6 Å². The molecule has 0 unspecified atom stereocenters. The van der Waals surface area contributed by atoms with Gasteiger partial charge in [0.1, 0.15) is 23.1 Å². The molecule has 1 aliphatic heterocycles. The molecule has 4 rings (SSSR count). The van der Waals surface area contributed by atoms with E-state index in [2.05, 4.69) is 39.3 Å². The Kier molecular flexibility index (Phi) is 4.15. The molecule has 3 aromatic heterocycles. The maximum Gasteiger partial charge on any atom is 0.255 e. The number of anilines is 1. The zero-order valence-corrected chi connectivity index (χ0v) is 14.5. The second-order valence-corrected chi connectivity index (χ2v) is 7.12. The highest BCUT2D eigenvalue weighted by molar-refractivity contribution is 7.18. The molecule has 0 aromatic carbocycles. The fraction of sp³-hybridized carbons (Fsp3) is 0.500. The van der Waals surface area contributed by atoms with Crippen molar-refractivity contribution >= 4 is 27.4 Å². The summed E-state index contributed by atoms with van der Waals surface area (Å²) in [5, 5.41) is 8.52. The number of ether oxygens (including phenoxy) is 1. The Bertz CT molecular complexity index is 853. The van der Waals surface area contributed by atoms with Crippen LogP contribution in [0.4, 0.5) is 5.82 Å². The average Bonchev–Trinajstić information content (AvgIpc) is 3.29. The molecule has 0 saturated carbocycles. The number of hydrogen-bond acceptors (Lipinski definition) is 8. The third-order valence-electron chi connectivity index (χ3n) is 4.30. The van der Waals surface area contributed by atoms with E-state index in [1.165, 1.54) is 10.4 Å². The van der Waals surface area contributed by atoms with Crippen LogP contribution in [0.15, 0.2) is 10.9 Å². The van der Waals surface area contributed by atoms with Crippen LogP contribution in [0, 0.1) is 13.8 Å². The van der Waals surface area contributed by atoms with Gasteiger partial charge in [-0.05, 0) is 32.3 Å². The van der Waals surface area contributed by atoms with Gasteiger partial charge in [0, 0.05) is 24.4 Å². The quantitative estimate of drug-likeness (QED) is 0.760. The lowest BCUT2D eigenvalue weighted by atomic mass is 10.2. The van der Waals surface area contributed by atoms with Gasteiger partial charge in [-0.1, -0.05) is 5.16 Å². The molecule has 126 valence electrons. The van der Waals surface area contributed by atoms with Crippen LogP contribution in [0.1, 0.15) is 41.1 Å². The summed E-state index contributed by atoms with van der Waals surface area (Å²) in [7, 11) is 0. The number of fused-ring (bicyclic) bond motifs is 1. The lowest BCUT2D eigenvalue weighted by molar-refractivity contribution is 0.0835. The first-order valence-electron chi connectivity index (χ1n) is 8.11. The number of rotatable bonds is 5. The van der Waals surface area contributed by atoms with Crippen LogP contribution in [0.2, 0.25) is 0 Å². The van der Waals surface area contributed by atoms with E-state index in [1.807, 2.05) is 0 Å². The van der Waals surface area contributed by atoms with E-state index in [1.54, 1.807) is 17.7 Å². The normalized spacial score (nSPS) is 17.7. The Morgan fingerprint density at radius 1 is 1.33 bits per heavy atom. The third kappa shape index (κ3) is 2.87. The minimum Gasteiger partial charge on any atom is -0.369 e. The first-order valence-corrected chi connectivity index (χ1v) is 8.92. The molecule has 1 fully saturated rings. The molecule has 3 aromatic rings. The molecule has 1 saturated heterocycles. The van der Waals surface area contributed by atoms with Crippen molar-refractivity contribution in [2.75, 3.05) is 18.5 Å². The maximum absolute atomic E-state index is 5.56. The summed E-state index contributed by atoms with van der Waals surface area (Å²) in [6, 6.07) is 0. The molecule has 4 heterocycles. The second kappa shape index (κ2) is 6.45. The molecule has 1 aliphatic rings. The van der Waals surface area contributed by atoms with Gasteiger partial charge in [0.15, 0.2) is 5.82 Å². The molecule has 1 N–H and O–H groups in total. The minimum atomic E-state index is -0.0304. The fourth-order valence-electron chi connectivity index (χ4n) is 2.88. The number of thiophene rings is 1. The Labute approximate surface area is 143 Å². The summed E-state index contributed by atoms with van der Waals surface area (Å²) in [6.07, 6.45) is 4.24. The lowest BCUT2D eigenvalue weighted by Gasteiger charge is -2.05. The number of aryl methyl sites for hydroxylation is 2. The van der Waals surface area contributed by atoms with Crippen LogP contribution in [0.5, 0.6) is 0 Å². The average molecular weight is 345 g/mol. The standard InChI is InChI=1S/C16H19N5O2S/c1-9-10(2)24-16-13(9)14(18-8-19-16)17-6-5-12-20-15(23-21-12)11-4-3-7-22-11/h8,11H,3-7H2,1-2H3,(H,17,18,19)/t11-/m0/s1. The van der Waals surface area contributed by atoms with Crippen molar-refractivity contribution in [2.45, 2.75) is 39.2 Å². The summed E-state index contributed by atoms with van der Waals surface area (Å²) < 4.78 is 10.9. The van der Waals surface area contributed by atoms with Gasteiger partial charge in [-0.15, -0.1) is 11.3 Å². The molecule has 24 heavy (non-hydrogen) atoms. The molecule has 0 radical (unpaired) electrons. The Hall–Kier alpha value is -2.06. The largest absolute Gasteiger partial charge is 0.369 e. The van der Waals surface area contributed by atoms with Crippen molar-refractivity contribution in [1.29, 1.82) is 0 Å². The van der Waals surface area contributed by atoms with Crippen LogP contribution in [0.3, 0.4) is 0 Å². The predicted molar refractivity (Wildman–Crippen MR) is 91.3 cm³/mol. The summed E-state index contributed by atoms with van der Waals surface area (Å²) >= 11 is 1.70. The lowest BCUT2D eigenvalue weighted by Crippen LogP contribution is -2.08. The SMILES string of the molecule is Cc1sc2ncnc(NCCc3noc([C@@H]4CCCO4)n3)c2c1C. The molecular formula is C16H19N5O2S. The maximum atomic E-state index is 5.56. The second-order valence-electron chi connectivity index (χ2n) is 5.91. The Balaban J connectivity index is 1.42. The van der Waals surface area contributed by atoms with Crippen molar-refractivity contribution in [3.05, 3.63) is 28.5 Å². The van der Waals surface area contributed by atoms with E-state index in [-0.39, 0.29) is 6.10 Å². The highest BCUT2D eigenvalue weighted by Gasteiger charge is 2.23. The van der Waals surface area contributed by atoms with Gasteiger partial charge in [0.05, 0.1) is 5.39 Å². The Morgan fingerprint density at radius 2 is 2.25 bits per heavy atom. The topological polar surface area (TPSA) is 86.0 Å². The van der Waals surface area contributed by atoms with Gasteiger partial charge in [-0.25, -0.2) is 9.97 Å². The molecule has 8 heteroatoms. The summed E-state index contributed by atoms with van der Waals surface area (Å²) in [5.74, 6) is 2.15. The Morgan fingerprint density at radius 3 is 3.08 bits per heavy atom. The van der Waals surface area contributed by atoms with E-state index >= 15 is 0 Å². The van der Waals surface area contributed by atoms with E-state index < -0.39 is 0 Å². The van der Waals surface area contributed by atoms with Gasteiger partial charge in [0.25, 0.3) is 5.89 Å². The number of nitrogens with one attached hydrogen (secondary N) is 1. The minimum absolute atomic E-state index is 0.0304. The van der Waals surface area contributed by atoms with E-state index in [0.29, 0.717) is 24.7 Å². The molecule has 0 bridgehead atoms. The van der Waals surface area contributed by atoms with Crippen LogP contribution in [0.25, 0.3) is 10.2 Å². The van der Waals surface area contributed by atoms with E-state index in [0.717, 1.165) is 35.5 Å². The van der Waals surface area contributed by atoms with Crippen molar-refractivity contribution in [2.24, 2.45) is 0 Å². The molecule has 0 spiro atoms. The summed E-state index contributed by atoms with van der Waals surface area (Å²) in [5.41, 5.74) is 1.23. The monoisotopic (exact) mass is 345 g/mol. The number of nitrogens with zero attached hydrogens (tertiary/aromatic N) is 4. The molecule has 1 atom stereocenters. The van der Waals surface area contributed by atoms with E-state index in [4.69, 9.17) is 9.26 Å². The van der Waals surface area contributed by atoms with Gasteiger partial charge >= 0.3 is 0 Å². The molecule has 7 nitrogen and oxygen atoms in total. The predicted octanol–water partition coefficient (Wildman–Crippen LogP) is 3.20. The van der Waals surface area contributed by atoms with Crippen molar-refractivity contribution in [1.82, 2.24) is 20.1 Å². The third-order valence-corrected chi connectivity index (χ3v) is 5.41. The van der Waals surface area contributed by atoms with Gasteiger partial charge in [-0.3, -0.25) is 0 Å². The molecule has 0 amide bonds. The fourth-order valence-corrected chi connectivity index (χ4v) is 3.88. The van der Waals surface area contributed by atoms with Crippen molar-refractivity contribution in [3.63, 3.8) is 0 Å². The van der Waals surface area contributed by atoms with Gasteiger partial charge in [-0.2, -0.15) is 4.98 Å². The summed E-state index contributed by atoms with van der Waals surface area (Å²) in [4.78, 5) is 15.5. The zero-order chi connectivity index (χ0) is 16.5. The van der Waals surface area contributed by atoms with Crippen LogP contribution in [-0.2, 0) is 11.2 Å². The number of aromatic nitrogens is 4. The first kappa shape index (κ1) is 15.5. The number of hydrogen-bond donors (Lipinski definition) is 1.